The van der Waals surface area contributed by atoms with Crippen LogP contribution in [0.25, 0.3) is 0 Å². The van der Waals surface area contributed by atoms with Gasteiger partial charge in [-0.15, -0.1) is 0 Å². The fraction of sp³-hybridized carbons (Fsp3) is 0.182. The fourth-order valence-electron chi connectivity index (χ4n) is 2.88. The SMILES string of the molecule is CN(Cc1ccccc1)c1ncccc1CNC(=O)Cc1ccccc1. The molecule has 2 aromatic carbocycles. The maximum absolute atomic E-state index is 12.2. The van der Waals surface area contributed by atoms with Crippen molar-refractivity contribution in [1.82, 2.24) is 10.3 Å². The van der Waals surface area contributed by atoms with Crippen molar-refractivity contribution in [1.29, 1.82) is 0 Å². The van der Waals surface area contributed by atoms with Crippen LogP contribution in [-0.2, 0) is 24.3 Å². The van der Waals surface area contributed by atoms with Crippen LogP contribution in [0.1, 0.15) is 16.7 Å². The van der Waals surface area contributed by atoms with Gasteiger partial charge in [-0.3, -0.25) is 4.79 Å². The Hall–Kier alpha value is -3.14. The minimum absolute atomic E-state index is 0.0108. The predicted octanol–water partition coefficient (Wildman–Crippen LogP) is 3.58. The van der Waals surface area contributed by atoms with E-state index in [4.69, 9.17) is 0 Å². The highest BCUT2D eigenvalue weighted by Gasteiger charge is 2.11. The number of carbonyl (C=O) groups excluding carboxylic acids is 1. The molecule has 0 fully saturated rings. The summed E-state index contributed by atoms with van der Waals surface area (Å²) in [6.07, 6.45) is 2.17. The smallest absolute Gasteiger partial charge is 0.224 e. The van der Waals surface area contributed by atoms with E-state index in [1.54, 1.807) is 6.20 Å². The van der Waals surface area contributed by atoms with E-state index in [0.29, 0.717) is 13.0 Å². The molecule has 0 unspecified atom stereocenters. The van der Waals surface area contributed by atoms with Crippen molar-refractivity contribution in [2.45, 2.75) is 19.5 Å². The van der Waals surface area contributed by atoms with Gasteiger partial charge in [-0.1, -0.05) is 66.7 Å². The number of pyridine rings is 1. The van der Waals surface area contributed by atoms with Gasteiger partial charge in [0.15, 0.2) is 0 Å². The predicted molar refractivity (Wildman–Crippen MR) is 105 cm³/mol. The summed E-state index contributed by atoms with van der Waals surface area (Å²) in [6, 6.07) is 23.9. The van der Waals surface area contributed by atoms with Gasteiger partial charge >= 0.3 is 0 Å². The number of hydrogen-bond donors (Lipinski definition) is 1. The number of carbonyl (C=O) groups is 1. The van der Waals surface area contributed by atoms with E-state index >= 15 is 0 Å². The van der Waals surface area contributed by atoms with Gasteiger partial charge in [-0.25, -0.2) is 4.98 Å². The summed E-state index contributed by atoms with van der Waals surface area (Å²) in [5.41, 5.74) is 3.24. The van der Waals surface area contributed by atoms with E-state index in [1.807, 2.05) is 67.7 Å². The van der Waals surface area contributed by atoms with Crippen LogP contribution in [0.4, 0.5) is 5.82 Å². The van der Waals surface area contributed by atoms with Gasteiger partial charge in [0.25, 0.3) is 0 Å². The largest absolute Gasteiger partial charge is 0.355 e. The van der Waals surface area contributed by atoms with Gasteiger partial charge in [0.05, 0.1) is 6.42 Å². The summed E-state index contributed by atoms with van der Waals surface area (Å²) >= 11 is 0. The molecule has 0 aliphatic heterocycles. The lowest BCUT2D eigenvalue weighted by Gasteiger charge is -2.21. The Labute approximate surface area is 154 Å². The van der Waals surface area contributed by atoms with Crippen molar-refractivity contribution in [3.05, 3.63) is 95.7 Å². The van der Waals surface area contributed by atoms with Crippen molar-refractivity contribution < 1.29 is 4.79 Å². The van der Waals surface area contributed by atoms with Crippen LogP contribution in [0.2, 0.25) is 0 Å². The van der Waals surface area contributed by atoms with E-state index < -0.39 is 0 Å². The Morgan fingerprint density at radius 3 is 2.27 bits per heavy atom. The highest BCUT2D eigenvalue weighted by Crippen LogP contribution is 2.18. The lowest BCUT2D eigenvalue weighted by molar-refractivity contribution is -0.120. The fourth-order valence-corrected chi connectivity index (χ4v) is 2.88. The summed E-state index contributed by atoms with van der Waals surface area (Å²) in [6.45, 7) is 1.23. The van der Waals surface area contributed by atoms with Gasteiger partial charge in [0, 0.05) is 31.9 Å². The average molecular weight is 345 g/mol. The summed E-state index contributed by atoms with van der Waals surface area (Å²) < 4.78 is 0. The van der Waals surface area contributed by atoms with E-state index in [9.17, 15) is 4.79 Å². The Morgan fingerprint density at radius 1 is 0.923 bits per heavy atom. The second-order valence-corrected chi connectivity index (χ2v) is 6.27. The summed E-state index contributed by atoms with van der Waals surface area (Å²) in [4.78, 5) is 18.8. The second-order valence-electron chi connectivity index (χ2n) is 6.27. The summed E-state index contributed by atoms with van der Waals surface area (Å²) in [5, 5.41) is 3.00. The number of anilines is 1. The normalized spacial score (nSPS) is 10.3. The van der Waals surface area contributed by atoms with Crippen LogP contribution in [0.15, 0.2) is 79.0 Å². The maximum atomic E-state index is 12.2. The molecule has 0 spiro atoms. The van der Waals surface area contributed by atoms with E-state index in [1.165, 1.54) is 5.56 Å². The third kappa shape index (κ3) is 4.93. The Balaban J connectivity index is 1.62. The van der Waals surface area contributed by atoms with Crippen LogP contribution in [0.5, 0.6) is 0 Å². The average Bonchev–Trinajstić information content (AvgIpc) is 2.68. The van der Waals surface area contributed by atoms with Gasteiger partial charge in [0.1, 0.15) is 5.82 Å². The standard InChI is InChI=1S/C22H23N3O/c1-25(17-19-11-6-3-7-12-19)22-20(13-8-14-23-22)16-24-21(26)15-18-9-4-2-5-10-18/h2-14H,15-17H2,1H3,(H,24,26). The Bertz CT molecular complexity index is 834. The number of aromatic nitrogens is 1. The highest BCUT2D eigenvalue weighted by molar-refractivity contribution is 5.78. The molecule has 1 amide bonds. The number of hydrogen-bond acceptors (Lipinski definition) is 3. The zero-order valence-electron chi connectivity index (χ0n) is 14.9. The molecule has 0 saturated carbocycles. The molecule has 0 aliphatic carbocycles. The number of benzene rings is 2. The molecule has 3 aromatic rings. The van der Waals surface area contributed by atoms with Crippen LogP contribution in [0.3, 0.4) is 0 Å². The molecule has 0 aliphatic rings. The zero-order valence-corrected chi connectivity index (χ0v) is 14.9. The third-order valence-electron chi connectivity index (χ3n) is 4.18. The van der Waals surface area contributed by atoms with Crippen LogP contribution >= 0.6 is 0 Å². The van der Waals surface area contributed by atoms with Gasteiger partial charge < -0.3 is 10.2 Å². The van der Waals surface area contributed by atoms with Crippen molar-refractivity contribution in [3.63, 3.8) is 0 Å². The van der Waals surface area contributed by atoms with E-state index in [2.05, 4.69) is 27.3 Å². The third-order valence-corrected chi connectivity index (χ3v) is 4.18. The molecule has 0 atom stereocenters. The first-order valence-electron chi connectivity index (χ1n) is 8.72. The van der Waals surface area contributed by atoms with Gasteiger partial charge in [-0.05, 0) is 17.2 Å². The molecular weight excluding hydrogens is 322 g/mol. The lowest BCUT2D eigenvalue weighted by Crippen LogP contribution is -2.26. The van der Waals surface area contributed by atoms with Crippen molar-refractivity contribution in [2.75, 3.05) is 11.9 Å². The molecule has 1 N–H and O–H groups in total. The van der Waals surface area contributed by atoms with Crippen LogP contribution < -0.4 is 10.2 Å². The van der Waals surface area contributed by atoms with Crippen LogP contribution in [-0.4, -0.2) is 17.9 Å². The molecule has 0 bridgehead atoms. The van der Waals surface area contributed by atoms with Crippen molar-refractivity contribution in [2.24, 2.45) is 0 Å². The zero-order chi connectivity index (χ0) is 18.2. The molecule has 132 valence electrons. The minimum atomic E-state index is 0.0108. The van der Waals surface area contributed by atoms with E-state index in [-0.39, 0.29) is 5.91 Å². The molecular formula is C22H23N3O. The van der Waals surface area contributed by atoms with E-state index in [0.717, 1.165) is 23.5 Å². The second kappa shape index (κ2) is 8.81. The first-order chi connectivity index (χ1) is 12.7. The Kier molecular flexibility index (Phi) is 5.99. The minimum Gasteiger partial charge on any atom is -0.355 e. The molecule has 26 heavy (non-hydrogen) atoms. The van der Waals surface area contributed by atoms with Crippen molar-refractivity contribution in [3.8, 4) is 0 Å². The number of rotatable bonds is 7. The molecule has 4 nitrogen and oxygen atoms in total. The summed E-state index contributed by atoms with van der Waals surface area (Å²) in [7, 11) is 2.02. The van der Waals surface area contributed by atoms with Crippen molar-refractivity contribution >= 4 is 11.7 Å². The number of amides is 1. The lowest BCUT2D eigenvalue weighted by atomic mass is 10.1. The first-order valence-corrected chi connectivity index (χ1v) is 8.72. The summed E-state index contributed by atoms with van der Waals surface area (Å²) in [5.74, 6) is 0.896. The number of nitrogens with one attached hydrogen (secondary N) is 1. The monoisotopic (exact) mass is 345 g/mol. The molecule has 1 aromatic heterocycles. The quantitative estimate of drug-likeness (QED) is 0.712. The maximum Gasteiger partial charge on any atom is 0.224 e. The Morgan fingerprint density at radius 2 is 1.58 bits per heavy atom. The first kappa shape index (κ1) is 17.7. The van der Waals surface area contributed by atoms with Gasteiger partial charge in [-0.2, -0.15) is 0 Å². The topological polar surface area (TPSA) is 45.2 Å². The molecule has 3 rings (SSSR count). The molecule has 4 heteroatoms. The molecule has 1 heterocycles. The van der Waals surface area contributed by atoms with Gasteiger partial charge in [0.2, 0.25) is 5.91 Å². The molecule has 0 saturated heterocycles. The highest BCUT2D eigenvalue weighted by atomic mass is 16.1. The molecule has 0 radical (unpaired) electrons. The van der Waals surface area contributed by atoms with Crippen LogP contribution in [0, 0.1) is 0 Å². The number of nitrogens with zero attached hydrogens (tertiary/aromatic N) is 2.